The van der Waals surface area contributed by atoms with Crippen LogP contribution in [0.3, 0.4) is 0 Å². The van der Waals surface area contributed by atoms with Gasteiger partial charge in [-0.25, -0.2) is 4.98 Å². The molecular formula is C14H21N5. The molecule has 0 amide bonds. The highest BCUT2D eigenvalue weighted by atomic mass is 15.1. The number of pyridine rings is 1. The first-order valence-electron chi connectivity index (χ1n) is 6.76. The van der Waals surface area contributed by atoms with Crippen molar-refractivity contribution in [2.45, 2.75) is 26.2 Å². The third-order valence-corrected chi connectivity index (χ3v) is 2.89. The van der Waals surface area contributed by atoms with Gasteiger partial charge in [-0.15, -0.1) is 0 Å². The van der Waals surface area contributed by atoms with Gasteiger partial charge in [0.25, 0.3) is 0 Å². The zero-order chi connectivity index (χ0) is 13.5. The highest BCUT2D eigenvalue weighted by Gasteiger charge is 2.00. The molecule has 0 aliphatic heterocycles. The first kappa shape index (κ1) is 13.4. The van der Waals surface area contributed by atoms with Crippen LogP contribution >= 0.6 is 0 Å². The van der Waals surface area contributed by atoms with Crippen molar-refractivity contribution in [2.24, 2.45) is 10.7 Å². The van der Waals surface area contributed by atoms with Crippen molar-refractivity contribution < 1.29 is 0 Å². The minimum Gasteiger partial charge on any atom is -0.370 e. The summed E-state index contributed by atoms with van der Waals surface area (Å²) in [4.78, 5) is 8.77. The number of aliphatic imine (C=N–C) groups is 1. The third kappa shape index (κ3) is 3.98. The second-order valence-electron chi connectivity index (χ2n) is 4.50. The van der Waals surface area contributed by atoms with Gasteiger partial charge in [-0.3, -0.25) is 4.99 Å². The summed E-state index contributed by atoms with van der Waals surface area (Å²) in [5, 5.41) is 3.11. The van der Waals surface area contributed by atoms with Crippen LogP contribution in [0.1, 0.15) is 25.5 Å². The zero-order valence-electron chi connectivity index (χ0n) is 11.3. The molecule has 2 rings (SSSR count). The van der Waals surface area contributed by atoms with Crippen molar-refractivity contribution in [1.29, 1.82) is 0 Å². The van der Waals surface area contributed by atoms with Gasteiger partial charge in [0.05, 0.1) is 5.69 Å². The van der Waals surface area contributed by atoms with E-state index in [0.717, 1.165) is 43.7 Å². The summed E-state index contributed by atoms with van der Waals surface area (Å²) in [7, 11) is 0. The average molecular weight is 259 g/mol. The maximum Gasteiger partial charge on any atom is 0.188 e. The summed E-state index contributed by atoms with van der Waals surface area (Å²) in [6.07, 6.45) is 7.10. The average Bonchev–Trinajstić information content (AvgIpc) is 2.81. The van der Waals surface area contributed by atoms with E-state index in [9.17, 15) is 0 Å². The summed E-state index contributed by atoms with van der Waals surface area (Å²) in [6, 6.07) is 5.98. The largest absolute Gasteiger partial charge is 0.370 e. The Morgan fingerprint density at radius 1 is 1.47 bits per heavy atom. The van der Waals surface area contributed by atoms with Gasteiger partial charge in [0.2, 0.25) is 0 Å². The van der Waals surface area contributed by atoms with E-state index < -0.39 is 0 Å². The molecule has 0 unspecified atom stereocenters. The van der Waals surface area contributed by atoms with E-state index in [-0.39, 0.29) is 0 Å². The standard InChI is InChI=1S/C14H21N5/c1-2-3-8-16-14(15)17-9-7-12-11-19-10-5-4-6-13(19)18-12/h4-6,10-11H,2-3,7-9H2,1H3,(H3,15,16,17). The lowest BCUT2D eigenvalue weighted by molar-refractivity contribution is 0.788. The molecule has 3 N–H and O–H groups in total. The van der Waals surface area contributed by atoms with E-state index in [1.54, 1.807) is 0 Å². The maximum absolute atomic E-state index is 5.77. The molecule has 0 aromatic carbocycles. The normalized spacial score (nSPS) is 11.9. The van der Waals surface area contributed by atoms with Crippen LogP contribution in [0.15, 0.2) is 35.6 Å². The molecule has 19 heavy (non-hydrogen) atoms. The Morgan fingerprint density at radius 3 is 3.16 bits per heavy atom. The molecule has 0 spiro atoms. The number of nitrogens with zero attached hydrogens (tertiary/aromatic N) is 3. The number of hydrogen-bond acceptors (Lipinski definition) is 2. The number of aromatic nitrogens is 2. The quantitative estimate of drug-likeness (QED) is 0.470. The molecule has 0 atom stereocenters. The van der Waals surface area contributed by atoms with Gasteiger partial charge in [0.15, 0.2) is 5.96 Å². The molecular weight excluding hydrogens is 238 g/mol. The topological polar surface area (TPSA) is 67.7 Å². The van der Waals surface area contributed by atoms with Gasteiger partial charge in [0, 0.05) is 31.9 Å². The van der Waals surface area contributed by atoms with Gasteiger partial charge < -0.3 is 15.5 Å². The monoisotopic (exact) mass is 259 g/mol. The predicted octanol–water partition coefficient (Wildman–Crippen LogP) is 1.58. The number of nitrogens with two attached hydrogens (primary N) is 1. The molecule has 5 nitrogen and oxygen atoms in total. The fourth-order valence-corrected chi connectivity index (χ4v) is 1.84. The number of nitrogens with one attached hydrogen (secondary N) is 1. The molecule has 2 aromatic rings. The van der Waals surface area contributed by atoms with E-state index in [4.69, 9.17) is 5.73 Å². The second kappa shape index (κ2) is 6.78. The van der Waals surface area contributed by atoms with Crippen molar-refractivity contribution in [3.05, 3.63) is 36.3 Å². The van der Waals surface area contributed by atoms with Crippen LogP contribution in [-0.2, 0) is 6.42 Å². The summed E-state index contributed by atoms with van der Waals surface area (Å²) >= 11 is 0. The molecule has 2 heterocycles. The fraction of sp³-hybridized carbons (Fsp3) is 0.429. The highest BCUT2D eigenvalue weighted by molar-refractivity contribution is 5.77. The first-order chi connectivity index (χ1) is 9.29. The number of imidazole rings is 1. The van der Waals surface area contributed by atoms with Crippen molar-refractivity contribution in [2.75, 3.05) is 13.1 Å². The minimum atomic E-state index is 0.525. The lowest BCUT2D eigenvalue weighted by Gasteiger charge is -2.03. The molecule has 0 saturated carbocycles. The van der Waals surface area contributed by atoms with Crippen LogP contribution in [0.5, 0.6) is 0 Å². The Bertz CT molecular complexity index is 511. The van der Waals surface area contributed by atoms with Gasteiger partial charge in [0.1, 0.15) is 5.65 Å². The van der Waals surface area contributed by atoms with E-state index in [1.807, 2.05) is 35.0 Å². The van der Waals surface area contributed by atoms with Crippen LogP contribution in [0.2, 0.25) is 0 Å². The first-order valence-corrected chi connectivity index (χ1v) is 6.76. The third-order valence-electron chi connectivity index (χ3n) is 2.89. The van der Waals surface area contributed by atoms with Gasteiger partial charge in [-0.05, 0) is 18.6 Å². The smallest absolute Gasteiger partial charge is 0.188 e. The predicted molar refractivity (Wildman–Crippen MR) is 78.3 cm³/mol. The maximum atomic E-state index is 5.77. The number of guanidine groups is 1. The van der Waals surface area contributed by atoms with Crippen molar-refractivity contribution in [3.63, 3.8) is 0 Å². The van der Waals surface area contributed by atoms with E-state index >= 15 is 0 Å². The minimum absolute atomic E-state index is 0.525. The molecule has 0 aliphatic rings. The Balaban J connectivity index is 1.80. The van der Waals surface area contributed by atoms with Crippen molar-refractivity contribution >= 4 is 11.6 Å². The number of fused-ring (bicyclic) bond motifs is 1. The summed E-state index contributed by atoms with van der Waals surface area (Å²) in [5.41, 5.74) is 7.80. The fourth-order valence-electron chi connectivity index (χ4n) is 1.84. The summed E-state index contributed by atoms with van der Waals surface area (Å²) in [5.74, 6) is 0.525. The van der Waals surface area contributed by atoms with Crippen LogP contribution in [0, 0.1) is 0 Å². The molecule has 5 heteroatoms. The van der Waals surface area contributed by atoms with E-state index in [0.29, 0.717) is 5.96 Å². The lowest BCUT2D eigenvalue weighted by Crippen LogP contribution is -2.33. The van der Waals surface area contributed by atoms with E-state index in [2.05, 4.69) is 22.2 Å². The summed E-state index contributed by atoms with van der Waals surface area (Å²) < 4.78 is 2.02. The Hall–Kier alpha value is -2.04. The summed E-state index contributed by atoms with van der Waals surface area (Å²) in [6.45, 7) is 3.69. The number of hydrogen-bond donors (Lipinski definition) is 2. The Labute approximate surface area is 113 Å². The molecule has 102 valence electrons. The van der Waals surface area contributed by atoms with Gasteiger partial charge >= 0.3 is 0 Å². The Morgan fingerprint density at radius 2 is 2.37 bits per heavy atom. The van der Waals surface area contributed by atoms with E-state index in [1.165, 1.54) is 0 Å². The van der Waals surface area contributed by atoms with Crippen molar-refractivity contribution in [3.8, 4) is 0 Å². The number of unbranched alkanes of at least 4 members (excludes halogenated alkanes) is 1. The van der Waals surface area contributed by atoms with Gasteiger partial charge in [-0.2, -0.15) is 0 Å². The molecule has 2 aromatic heterocycles. The lowest BCUT2D eigenvalue weighted by atomic mass is 10.3. The molecule has 0 saturated heterocycles. The Kier molecular flexibility index (Phi) is 4.78. The molecule has 0 aliphatic carbocycles. The van der Waals surface area contributed by atoms with Crippen molar-refractivity contribution in [1.82, 2.24) is 14.7 Å². The van der Waals surface area contributed by atoms with Gasteiger partial charge in [-0.1, -0.05) is 19.4 Å². The second-order valence-corrected chi connectivity index (χ2v) is 4.50. The SMILES string of the molecule is CCCCN=C(N)NCCc1cn2ccccc2n1. The van der Waals surface area contributed by atoms with Crippen LogP contribution in [-0.4, -0.2) is 28.4 Å². The number of rotatable bonds is 6. The molecule has 0 fully saturated rings. The van der Waals surface area contributed by atoms with Crippen LogP contribution in [0.4, 0.5) is 0 Å². The van der Waals surface area contributed by atoms with Crippen LogP contribution in [0.25, 0.3) is 5.65 Å². The molecule has 0 bridgehead atoms. The highest BCUT2D eigenvalue weighted by Crippen LogP contribution is 2.04. The van der Waals surface area contributed by atoms with Crippen LogP contribution < -0.4 is 11.1 Å². The zero-order valence-corrected chi connectivity index (χ0v) is 11.3. The molecule has 0 radical (unpaired) electrons.